The maximum Gasteiger partial charge on any atom is 0.0670 e. The average molecular weight is 311 g/mol. The summed E-state index contributed by atoms with van der Waals surface area (Å²) < 4.78 is 0. The van der Waals surface area contributed by atoms with Gasteiger partial charge in [0.05, 0.1) is 11.4 Å². The SMILES string of the molecule is CC(C)NC1=C(N)C2=C(C=CCC2)N(C(C)C)C2=C1C=CCC2. The van der Waals surface area contributed by atoms with Gasteiger partial charge in [0.1, 0.15) is 0 Å². The third-order valence-corrected chi connectivity index (χ3v) is 4.65. The van der Waals surface area contributed by atoms with Crippen LogP contribution in [0.5, 0.6) is 0 Å². The van der Waals surface area contributed by atoms with E-state index >= 15 is 0 Å². The topological polar surface area (TPSA) is 41.3 Å². The van der Waals surface area contributed by atoms with Gasteiger partial charge < -0.3 is 16.0 Å². The van der Waals surface area contributed by atoms with E-state index in [0.29, 0.717) is 12.1 Å². The van der Waals surface area contributed by atoms with Crippen LogP contribution in [0.25, 0.3) is 0 Å². The Bertz CT molecular complexity index is 642. The van der Waals surface area contributed by atoms with E-state index < -0.39 is 0 Å². The molecule has 0 fully saturated rings. The fourth-order valence-electron chi connectivity index (χ4n) is 3.75. The van der Waals surface area contributed by atoms with Gasteiger partial charge in [0.25, 0.3) is 0 Å². The molecule has 0 saturated heterocycles. The van der Waals surface area contributed by atoms with Crippen LogP contribution < -0.4 is 11.1 Å². The number of nitrogens with one attached hydrogen (secondary N) is 1. The molecule has 124 valence electrons. The van der Waals surface area contributed by atoms with Gasteiger partial charge in [-0.1, -0.05) is 18.2 Å². The van der Waals surface area contributed by atoms with Gasteiger partial charge in [-0.05, 0) is 59.5 Å². The van der Waals surface area contributed by atoms with Gasteiger partial charge in [-0.15, -0.1) is 0 Å². The van der Waals surface area contributed by atoms with Gasteiger partial charge in [0, 0.05) is 34.6 Å². The lowest BCUT2D eigenvalue weighted by molar-refractivity contribution is 0.344. The Morgan fingerprint density at radius 1 is 1.04 bits per heavy atom. The first-order valence-electron chi connectivity index (χ1n) is 8.86. The fourth-order valence-corrected chi connectivity index (χ4v) is 3.75. The van der Waals surface area contributed by atoms with Crippen molar-refractivity contribution in [2.75, 3.05) is 0 Å². The molecule has 0 bridgehead atoms. The molecular formula is C20H29N3. The minimum atomic E-state index is 0.362. The Morgan fingerprint density at radius 3 is 2.43 bits per heavy atom. The molecule has 0 aromatic heterocycles. The Hall–Kier alpha value is -1.90. The summed E-state index contributed by atoms with van der Waals surface area (Å²) in [5, 5.41) is 3.62. The second-order valence-corrected chi connectivity index (χ2v) is 7.16. The standard InChI is InChI=1S/C20H29N3/c1-13(2)22-20-16-10-6-8-12-18(16)23(14(3)4)17-11-7-5-9-15(17)19(20)21/h6-7,10-11,13-14,22H,5,8-9,12,21H2,1-4H3. The van der Waals surface area contributed by atoms with Gasteiger partial charge in [-0.2, -0.15) is 0 Å². The van der Waals surface area contributed by atoms with Crippen molar-refractivity contribution in [2.45, 2.75) is 65.5 Å². The molecule has 23 heavy (non-hydrogen) atoms. The van der Waals surface area contributed by atoms with Crippen LogP contribution in [0, 0.1) is 0 Å². The van der Waals surface area contributed by atoms with E-state index in [-0.39, 0.29) is 0 Å². The molecule has 0 spiro atoms. The van der Waals surface area contributed by atoms with Crippen LogP contribution >= 0.6 is 0 Å². The highest BCUT2D eigenvalue weighted by Gasteiger charge is 2.30. The molecule has 2 aliphatic carbocycles. The second kappa shape index (κ2) is 6.31. The number of nitrogens with two attached hydrogens (primary N) is 1. The maximum absolute atomic E-state index is 6.68. The minimum Gasteiger partial charge on any atom is -0.397 e. The largest absolute Gasteiger partial charge is 0.397 e. The minimum absolute atomic E-state index is 0.362. The number of hydrogen-bond donors (Lipinski definition) is 2. The highest BCUT2D eigenvalue weighted by Crippen LogP contribution is 2.40. The average Bonchev–Trinajstić information content (AvgIpc) is 2.62. The molecule has 1 aliphatic heterocycles. The number of rotatable bonds is 3. The fraction of sp³-hybridized carbons (Fsp3) is 0.500. The Kier molecular flexibility index (Phi) is 4.38. The van der Waals surface area contributed by atoms with Crippen LogP contribution in [0.4, 0.5) is 0 Å². The molecular weight excluding hydrogens is 282 g/mol. The zero-order valence-corrected chi connectivity index (χ0v) is 14.8. The van der Waals surface area contributed by atoms with Crippen LogP contribution in [0.2, 0.25) is 0 Å². The van der Waals surface area contributed by atoms with E-state index in [1.165, 1.54) is 22.5 Å². The molecule has 3 N–H and O–H groups in total. The zero-order chi connectivity index (χ0) is 16.6. The van der Waals surface area contributed by atoms with Crippen LogP contribution in [-0.2, 0) is 0 Å². The summed E-state index contributed by atoms with van der Waals surface area (Å²) in [4.78, 5) is 2.51. The molecule has 3 heteroatoms. The predicted molar refractivity (Wildman–Crippen MR) is 97.3 cm³/mol. The summed E-state index contributed by atoms with van der Waals surface area (Å²) in [7, 11) is 0. The first-order chi connectivity index (χ1) is 11.0. The van der Waals surface area contributed by atoms with Crippen molar-refractivity contribution in [1.82, 2.24) is 10.2 Å². The first-order valence-corrected chi connectivity index (χ1v) is 8.86. The number of allylic oxidation sites excluding steroid dienone is 6. The van der Waals surface area contributed by atoms with Gasteiger partial charge in [0.15, 0.2) is 0 Å². The molecule has 1 heterocycles. The van der Waals surface area contributed by atoms with E-state index in [2.05, 4.69) is 62.2 Å². The lowest BCUT2D eigenvalue weighted by atomic mass is 9.96. The second-order valence-electron chi connectivity index (χ2n) is 7.16. The highest BCUT2D eigenvalue weighted by molar-refractivity contribution is 5.57. The van der Waals surface area contributed by atoms with Crippen molar-refractivity contribution in [3.8, 4) is 0 Å². The maximum atomic E-state index is 6.68. The van der Waals surface area contributed by atoms with Crippen LogP contribution in [0.1, 0.15) is 53.4 Å². The van der Waals surface area contributed by atoms with Crippen molar-refractivity contribution in [2.24, 2.45) is 5.73 Å². The normalized spacial score (nSPS) is 21.2. The monoisotopic (exact) mass is 311 g/mol. The summed E-state index contributed by atoms with van der Waals surface area (Å²) in [5.41, 5.74) is 14.0. The van der Waals surface area contributed by atoms with Crippen LogP contribution in [0.15, 0.2) is 58.2 Å². The van der Waals surface area contributed by atoms with Crippen LogP contribution in [0.3, 0.4) is 0 Å². The van der Waals surface area contributed by atoms with E-state index in [1.807, 2.05) is 0 Å². The third kappa shape index (κ3) is 2.85. The number of nitrogens with zero attached hydrogens (tertiary/aromatic N) is 1. The summed E-state index contributed by atoms with van der Waals surface area (Å²) >= 11 is 0. The highest BCUT2D eigenvalue weighted by atomic mass is 15.2. The van der Waals surface area contributed by atoms with Gasteiger partial charge >= 0.3 is 0 Å². The van der Waals surface area contributed by atoms with E-state index in [9.17, 15) is 0 Å². The molecule has 0 unspecified atom stereocenters. The molecule has 0 radical (unpaired) electrons. The Morgan fingerprint density at radius 2 is 1.74 bits per heavy atom. The Balaban J connectivity index is 2.25. The molecule has 3 aliphatic rings. The molecule has 0 aromatic carbocycles. The van der Waals surface area contributed by atoms with Crippen LogP contribution in [-0.4, -0.2) is 17.0 Å². The van der Waals surface area contributed by atoms with Crippen molar-refractivity contribution in [3.63, 3.8) is 0 Å². The van der Waals surface area contributed by atoms with E-state index in [0.717, 1.165) is 37.1 Å². The zero-order valence-electron chi connectivity index (χ0n) is 14.8. The lowest BCUT2D eigenvalue weighted by Crippen LogP contribution is -2.32. The molecule has 0 saturated carbocycles. The molecule has 0 amide bonds. The van der Waals surface area contributed by atoms with Gasteiger partial charge in [-0.25, -0.2) is 0 Å². The molecule has 0 atom stereocenters. The summed E-state index contributed by atoms with van der Waals surface area (Å²) in [6.07, 6.45) is 13.3. The van der Waals surface area contributed by atoms with Crippen molar-refractivity contribution < 1.29 is 0 Å². The molecule has 3 rings (SSSR count). The van der Waals surface area contributed by atoms with Gasteiger partial charge in [0.2, 0.25) is 0 Å². The van der Waals surface area contributed by atoms with Crippen molar-refractivity contribution in [3.05, 3.63) is 58.2 Å². The van der Waals surface area contributed by atoms with Gasteiger partial charge in [-0.3, -0.25) is 0 Å². The van der Waals surface area contributed by atoms with E-state index in [4.69, 9.17) is 5.73 Å². The summed E-state index contributed by atoms with van der Waals surface area (Å²) in [6.45, 7) is 8.89. The van der Waals surface area contributed by atoms with Crippen molar-refractivity contribution >= 4 is 0 Å². The third-order valence-electron chi connectivity index (χ3n) is 4.65. The smallest absolute Gasteiger partial charge is 0.0670 e. The summed E-state index contributed by atoms with van der Waals surface area (Å²) in [6, 6.07) is 0.784. The number of hydrogen-bond acceptors (Lipinski definition) is 3. The first kappa shape index (κ1) is 16.0. The Labute approximate surface area is 140 Å². The molecule has 0 aromatic rings. The predicted octanol–water partition coefficient (Wildman–Crippen LogP) is 4.09. The molecule has 3 nitrogen and oxygen atoms in total. The van der Waals surface area contributed by atoms with Crippen molar-refractivity contribution in [1.29, 1.82) is 0 Å². The lowest BCUT2D eigenvalue weighted by Gasteiger charge is -2.35. The van der Waals surface area contributed by atoms with E-state index in [1.54, 1.807) is 0 Å². The quantitative estimate of drug-likeness (QED) is 0.825. The summed E-state index contributed by atoms with van der Waals surface area (Å²) in [5.74, 6) is 0.